The molecule has 0 fully saturated rings. The lowest BCUT2D eigenvalue weighted by Crippen LogP contribution is -2.08. The van der Waals surface area contributed by atoms with Crippen LogP contribution in [-0.2, 0) is 16.7 Å². The molecule has 0 saturated heterocycles. The fraction of sp³-hybridized carbons (Fsp3) is 0.368. The van der Waals surface area contributed by atoms with Crippen molar-refractivity contribution in [3.05, 3.63) is 47.3 Å². The van der Waals surface area contributed by atoms with Gasteiger partial charge in [0.1, 0.15) is 12.4 Å². The highest BCUT2D eigenvalue weighted by Crippen LogP contribution is 2.32. The number of halogens is 3. The fourth-order valence-electron chi connectivity index (χ4n) is 2.58. The number of thioether (sulfide) groups is 1. The molecule has 0 amide bonds. The normalized spacial score (nSPS) is 11.9. The van der Waals surface area contributed by atoms with Crippen LogP contribution in [-0.4, -0.2) is 34.8 Å². The smallest absolute Gasteiger partial charge is 0.416 e. The van der Waals surface area contributed by atoms with Crippen molar-refractivity contribution in [3.63, 3.8) is 0 Å². The summed E-state index contributed by atoms with van der Waals surface area (Å²) in [6.07, 6.45) is -2.70. The van der Waals surface area contributed by atoms with Crippen molar-refractivity contribution >= 4 is 22.8 Å². The van der Waals surface area contributed by atoms with Crippen LogP contribution in [0.3, 0.4) is 0 Å². The standard InChI is InChI=1S/C19H20F3N3O2S/c1-3-26-8-9-27-17-6-7-23-16(12(17)2)11-28-18-24-14-5-4-13(19(20,21)22)10-15(14)25-18/h4-7,10H,3,8-9,11H2,1-2H3,(H,24,25). The molecule has 0 bridgehead atoms. The third-order valence-corrected chi connectivity index (χ3v) is 4.97. The van der Waals surface area contributed by atoms with Gasteiger partial charge in [0.05, 0.1) is 28.9 Å². The quantitative estimate of drug-likeness (QED) is 0.418. The third-order valence-electron chi connectivity index (χ3n) is 4.08. The molecule has 28 heavy (non-hydrogen) atoms. The molecule has 0 atom stereocenters. The lowest BCUT2D eigenvalue weighted by molar-refractivity contribution is -0.137. The second-order valence-corrected chi connectivity index (χ2v) is 6.95. The van der Waals surface area contributed by atoms with Crippen LogP contribution in [0.25, 0.3) is 11.0 Å². The predicted molar refractivity (Wildman–Crippen MR) is 102 cm³/mol. The number of fused-ring (bicyclic) bond motifs is 1. The maximum atomic E-state index is 12.8. The average Bonchev–Trinajstić information content (AvgIpc) is 3.07. The molecule has 0 saturated carbocycles. The summed E-state index contributed by atoms with van der Waals surface area (Å²) in [6, 6.07) is 5.28. The monoisotopic (exact) mass is 411 g/mol. The maximum absolute atomic E-state index is 12.8. The van der Waals surface area contributed by atoms with Gasteiger partial charge in [-0.1, -0.05) is 11.8 Å². The number of ether oxygens (including phenoxy) is 2. The Morgan fingerprint density at radius 2 is 2.00 bits per heavy atom. The van der Waals surface area contributed by atoms with Crippen molar-refractivity contribution in [1.82, 2.24) is 15.0 Å². The van der Waals surface area contributed by atoms with Gasteiger partial charge in [-0.2, -0.15) is 13.2 Å². The van der Waals surface area contributed by atoms with E-state index in [1.54, 1.807) is 12.3 Å². The lowest BCUT2D eigenvalue weighted by atomic mass is 10.2. The fourth-order valence-corrected chi connectivity index (χ4v) is 3.49. The molecular weight excluding hydrogens is 391 g/mol. The molecule has 3 aromatic rings. The molecular formula is C19H20F3N3O2S. The second kappa shape index (κ2) is 8.83. The number of nitrogens with zero attached hydrogens (tertiary/aromatic N) is 2. The van der Waals surface area contributed by atoms with Gasteiger partial charge in [0.25, 0.3) is 0 Å². The number of imidazole rings is 1. The summed E-state index contributed by atoms with van der Waals surface area (Å²) in [5.74, 6) is 1.25. The van der Waals surface area contributed by atoms with Gasteiger partial charge in [0, 0.05) is 24.1 Å². The third kappa shape index (κ3) is 4.96. The molecule has 1 aromatic carbocycles. The number of rotatable bonds is 8. The molecule has 0 radical (unpaired) electrons. The van der Waals surface area contributed by atoms with E-state index in [1.165, 1.54) is 17.8 Å². The van der Waals surface area contributed by atoms with Crippen LogP contribution in [0.15, 0.2) is 35.6 Å². The predicted octanol–water partition coefficient (Wildman–Crippen LogP) is 4.99. The Morgan fingerprint density at radius 1 is 1.18 bits per heavy atom. The Balaban J connectivity index is 1.68. The molecule has 0 unspecified atom stereocenters. The highest BCUT2D eigenvalue weighted by molar-refractivity contribution is 7.98. The molecule has 0 aliphatic heterocycles. The van der Waals surface area contributed by atoms with E-state index in [9.17, 15) is 13.2 Å². The van der Waals surface area contributed by atoms with Crippen LogP contribution >= 0.6 is 11.8 Å². The van der Waals surface area contributed by atoms with Crippen molar-refractivity contribution < 1.29 is 22.6 Å². The van der Waals surface area contributed by atoms with Gasteiger partial charge in [-0.25, -0.2) is 4.98 Å². The minimum absolute atomic E-state index is 0.356. The van der Waals surface area contributed by atoms with Gasteiger partial charge in [-0.3, -0.25) is 4.98 Å². The van der Waals surface area contributed by atoms with Crippen molar-refractivity contribution in [2.24, 2.45) is 0 Å². The molecule has 5 nitrogen and oxygen atoms in total. The van der Waals surface area contributed by atoms with Crippen LogP contribution in [0.2, 0.25) is 0 Å². The van der Waals surface area contributed by atoms with E-state index < -0.39 is 11.7 Å². The summed E-state index contributed by atoms with van der Waals surface area (Å²) >= 11 is 1.38. The largest absolute Gasteiger partial charge is 0.491 e. The number of nitrogens with one attached hydrogen (secondary N) is 1. The van der Waals surface area contributed by atoms with E-state index in [4.69, 9.17) is 9.47 Å². The highest BCUT2D eigenvalue weighted by Gasteiger charge is 2.30. The molecule has 150 valence electrons. The van der Waals surface area contributed by atoms with Gasteiger partial charge >= 0.3 is 6.18 Å². The van der Waals surface area contributed by atoms with E-state index in [0.717, 1.165) is 29.1 Å². The van der Waals surface area contributed by atoms with Crippen molar-refractivity contribution in [2.75, 3.05) is 19.8 Å². The number of aromatic amines is 1. The van der Waals surface area contributed by atoms with E-state index in [1.807, 2.05) is 13.8 Å². The lowest BCUT2D eigenvalue weighted by Gasteiger charge is -2.11. The maximum Gasteiger partial charge on any atom is 0.416 e. The Labute approximate surface area is 164 Å². The molecule has 2 heterocycles. The Kier molecular flexibility index (Phi) is 6.46. The van der Waals surface area contributed by atoms with Gasteiger partial charge in [-0.15, -0.1) is 0 Å². The first-order valence-electron chi connectivity index (χ1n) is 8.73. The van der Waals surface area contributed by atoms with E-state index in [2.05, 4.69) is 15.0 Å². The zero-order valence-electron chi connectivity index (χ0n) is 15.5. The summed E-state index contributed by atoms with van der Waals surface area (Å²) in [5.41, 5.74) is 1.90. The first-order valence-corrected chi connectivity index (χ1v) is 9.72. The van der Waals surface area contributed by atoms with Crippen molar-refractivity contribution in [2.45, 2.75) is 30.9 Å². The number of benzene rings is 1. The van der Waals surface area contributed by atoms with E-state index >= 15 is 0 Å². The topological polar surface area (TPSA) is 60.0 Å². The van der Waals surface area contributed by atoms with E-state index in [0.29, 0.717) is 41.8 Å². The number of H-pyrrole nitrogens is 1. The Bertz CT molecular complexity index is 944. The summed E-state index contributed by atoms with van der Waals surface area (Å²) in [5, 5.41) is 0.540. The van der Waals surface area contributed by atoms with Gasteiger partial charge in [-0.05, 0) is 38.1 Å². The number of aromatic nitrogens is 3. The van der Waals surface area contributed by atoms with E-state index in [-0.39, 0.29) is 0 Å². The van der Waals surface area contributed by atoms with Gasteiger partial charge in [0.2, 0.25) is 0 Å². The van der Waals surface area contributed by atoms with Gasteiger partial charge in [0.15, 0.2) is 5.16 Å². The van der Waals surface area contributed by atoms with Crippen molar-refractivity contribution in [3.8, 4) is 5.75 Å². The SMILES string of the molecule is CCOCCOc1ccnc(CSc2nc3ccc(C(F)(F)F)cc3[nH]2)c1C. The minimum atomic E-state index is -4.38. The molecule has 1 N–H and O–H groups in total. The van der Waals surface area contributed by atoms with Gasteiger partial charge < -0.3 is 14.5 Å². The first-order chi connectivity index (χ1) is 13.4. The number of alkyl halides is 3. The summed E-state index contributed by atoms with van der Waals surface area (Å²) in [7, 11) is 0. The molecule has 0 aliphatic rings. The minimum Gasteiger partial charge on any atom is -0.491 e. The van der Waals surface area contributed by atoms with Crippen LogP contribution < -0.4 is 4.74 Å². The molecule has 3 rings (SSSR count). The zero-order chi connectivity index (χ0) is 20.1. The summed E-state index contributed by atoms with van der Waals surface area (Å²) in [6.45, 7) is 5.46. The summed E-state index contributed by atoms with van der Waals surface area (Å²) in [4.78, 5) is 11.7. The van der Waals surface area contributed by atoms with Crippen LogP contribution in [0, 0.1) is 6.92 Å². The van der Waals surface area contributed by atoms with Crippen LogP contribution in [0.1, 0.15) is 23.7 Å². The molecule has 0 spiro atoms. The zero-order valence-corrected chi connectivity index (χ0v) is 16.3. The number of pyridine rings is 1. The molecule has 0 aliphatic carbocycles. The first kappa shape index (κ1) is 20.5. The highest BCUT2D eigenvalue weighted by atomic mass is 32.2. The number of hydrogen-bond donors (Lipinski definition) is 1. The van der Waals surface area contributed by atoms with Crippen LogP contribution in [0.4, 0.5) is 13.2 Å². The second-order valence-electron chi connectivity index (χ2n) is 5.99. The molecule has 9 heteroatoms. The van der Waals surface area contributed by atoms with Crippen molar-refractivity contribution in [1.29, 1.82) is 0 Å². The summed E-state index contributed by atoms with van der Waals surface area (Å²) < 4.78 is 49.5. The van der Waals surface area contributed by atoms with Crippen LogP contribution in [0.5, 0.6) is 5.75 Å². The Morgan fingerprint density at radius 3 is 2.75 bits per heavy atom. The average molecular weight is 411 g/mol. The number of hydrogen-bond acceptors (Lipinski definition) is 5. The molecule has 2 aromatic heterocycles. The Hall–Kier alpha value is -2.26.